The van der Waals surface area contributed by atoms with E-state index in [1.807, 2.05) is 0 Å². The Bertz CT molecular complexity index is 2040. The maximum Gasteiger partial charge on any atom is 0.0214 e. The van der Waals surface area contributed by atoms with E-state index in [4.69, 9.17) is 0 Å². The molecule has 49 heavy (non-hydrogen) atoms. The Hall–Kier alpha value is -5.20. The predicted molar refractivity (Wildman–Crippen MR) is 209 cm³/mol. The van der Waals surface area contributed by atoms with E-state index in [1.54, 1.807) is 0 Å². The zero-order valence-electron chi connectivity index (χ0n) is 29.2. The lowest BCUT2D eigenvalue weighted by atomic mass is 9.65. The third-order valence-electron chi connectivity index (χ3n) is 11.2. The van der Waals surface area contributed by atoms with E-state index in [-0.39, 0.29) is 5.41 Å². The minimum Gasteiger partial charge on any atom is -0.0622 e. The Morgan fingerprint density at radius 1 is 0.408 bits per heavy atom. The maximum atomic E-state index is 2.60. The first-order chi connectivity index (χ1) is 23.9. The highest BCUT2D eigenvalue weighted by molar-refractivity contribution is 5.87. The first-order valence-electron chi connectivity index (χ1n) is 17.8. The quantitative estimate of drug-likeness (QED) is 0.157. The van der Waals surface area contributed by atoms with Crippen molar-refractivity contribution in [2.75, 3.05) is 0 Å². The van der Waals surface area contributed by atoms with Gasteiger partial charge in [-0.2, -0.15) is 0 Å². The standard InChI is InChI=1S/C49H44/c1-33-15-11-16-34(2)47(33)43-25-13-23-39-27-41(29-45(39)43)49(31-37-19-7-5-8-20-37,32-38-21-9-6-10-22-38)42-28-40-24-14-26-44(46(40)30-42)48-35(3)17-12-18-36(48)4/h5-26,29-30H,27-28,31-32H2,1-4H3. The molecule has 0 bridgehead atoms. The number of benzene rings is 6. The number of fused-ring (bicyclic) bond motifs is 2. The zero-order chi connectivity index (χ0) is 33.5. The summed E-state index contributed by atoms with van der Waals surface area (Å²) in [5.41, 5.74) is 22.1. The molecule has 0 radical (unpaired) electrons. The highest BCUT2D eigenvalue weighted by atomic mass is 14.5. The van der Waals surface area contributed by atoms with Gasteiger partial charge in [-0.25, -0.2) is 0 Å². The average Bonchev–Trinajstić information content (AvgIpc) is 3.75. The summed E-state index contributed by atoms with van der Waals surface area (Å²) >= 11 is 0. The lowest BCUT2D eigenvalue weighted by molar-refractivity contribution is 0.414. The molecule has 0 aliphatic heterocycles. The van der Waals surface area contributed by atoms with Gasteiger partial charge in [0, 0.05) is 5.41 Å². The fraction of sp³-hybridized carbons (Fsp3) is 0.184. The summed E-state index contributed by atoms with van der Waals surface area (Å²) in [4.78, 5) is 0. The Morgan fingerprint density at radius 2 is 0.776 bits per heavy atom. The molecule has 0 heterocycles. The predicted octanol–water partition coefficient (Wildman–Crippen LogP) is 12.3. The minimum atomic E-state index is -0.198. The van der Waals surface area contributed by atoms with Gasteiger partial charge in [0.2, 0.25) is 0 Å². The van der Waals surface area contributed by atoms with E-state index in [0.29, 0.717) is 0 Å². The van der Waals surface area contributed by atoms with Crippen molar-refractivity contribution in [1.29, 1.82) is 0 Å². The summed E-state index contributed by atoms with van der Waals surface area (Å²) in [6.45, 7) is 9.02. The van der Waals surface area contributed by atoms with E-state index in [9.17, 15) is 0 Å². The summed E-state index contributed by atoms with van der Waals surface area (Å²) in [7, 11) is 0. The second-order valence-electron chi connectivity index (χ2n) is 14.4. The Morgan fingerprint density at radius 3 is 1.16 bits per heavy atom. The molecular weight excluding hydrogens is 589 g/mol. The van der Waals surface area contributed by atoms with E-state index in [2.05, 4.69) is 173 Å². The summed E-state index contributed by atoms with van der Waals surface area (Å²) in [6, 6.07) is 49.8. The van der Waals surface area contributed by atoms with Crippen LogP contribution in [0.1, 0.15) is 55.6 Å². The van der Waals surface area contributed by atoms with E-state index >= 15 is 0 Å². The Kier molecular flexibility index (Phi) is 8.04. The molecule has 0 fully saturated rings. The van der Waals surface area contributed by atoms with Crippen molar-refractivity contribution in [1.82, 2.24) is 0 Å². The molecule has 0 saturated carbocycles. The Balaban J connectivity index is 1.36. The molecule has 0 unspecified atom stereocenters. The second-order valence-corrected chi connectivity index (χ2v) is 14.4. The van der Waals surface area contributed by atoms with Crippen LogP contribution in [0, 0.1) is 33.1 Å². The first kappa shape index (κ1) is 31.1. The number of hydrogen-bond donors (Lipinski definition) is 0. The fourth-order valence-corrected chi connectivity index (χ4v) is 8.88. The van der Waals surface area contributed by atoms with Crippen LogP contribution in [0.3, 0.4) is 0 Å². The summed E-state index contributed by atoms with van der Waals surface area (Å²) in [6.07, 6.45) is 9.04. The van der Waals surface area contributed by atoms with Crippen LogP contribution in [0.4, 0.5) is 0 Å². The highest BCUT2D eigenvalue weighted by Crippen LogP contribution is 2.53. The van der Waals surface area contributed by atoms with Gasteiger partial charge in [0.15, 0.2) is 0 Å². The molecule has 0 N–H and O–H groups in total. The molecule has 0 heteroatoms. The van der Waals surface area contributed by atoms with Crippen LogP contribution < -0.4 is 0 Å². The molecule has 0 amide bonds. The molecule has 240 valence electrons. The van der Waals surface area contributed by atoms with Gasteiger partial charge in [-0.15, -0.1) is 0 Å². The van der Waals surface area contributed by atoms with Crippen LogP contribution in [-0.4, -0.2) is 0 Å². The molecule has 0 aromatic heterocycles. The second kappa shape index (κ2) is 12.7. The van der Waals surface area contributed by atoms with Crippen LogP contribution in [0.5, 0.6) is 0 Å². The molecule has 2 aliphatic carbocycles. The molecule has 6 aromatic rings. The van der Waals surface area contributed by atoms with Gasteiger partial charge in [0.05, 0.1) is 0 Å². The summed E-state index contributed by atoms with van der Waals surface area (Å²) < 4.78 is 0. The number of rotatable bonds is 8. The molecule has 0 saturated heterocycles. The van der Waals surface area contributed by atoms with Crippen LogP contribution in [-0.2, 0) is 25.7 Å². The SMILES string of the molecule is Cc1cccc(C)c1-c1cccc2c1C=C(C(Cc1ccccc1)(Cc1ccccc1)C1=Cc3c(cccc3-c3c(C)cccc3C)C1)C2. The lowest BCUT2D eigenvalue weighted by Gasteiger charge is -2.38. The maximum absolute atomic E-state index is 2.60. The monoisotopic (exact) mass is 632 g/mol. The third-order valence-corrected chi connectivity index (χ3v) is 11.2. The smallest absolute Gasteiger partial charge is 0.0214 e. The molecule has 6 aromatic carbocycles. The van der Waals surface area contributed by atoms with Crippen LogP contribution >= 0.6 is 0 Å². The van der Waals surface area contributed by atoms with Crippen LogP contribution in [0.15, 0.2) is 145 Å². The van der Waals surface area contributed by atoms with Crippen molar-refractivity contribution in [2.24, 2.45) is 5.41 Å². The highest BCUT2D eigenvalue weighted by Gasteiger charge is 2.42. The topological polar surface area (TPSA) is 0 Å². The van der Waals surface area contributed by atoms with Gasteiger partial charge in [0.1, 0.15) is 0 Å². The largest absolute Gasteiger partial charge is 0.0622 e. The lowest BCUT2D eigenvalue weighted by Crippen LogP contribution is -2.32. The normalized spacial score (nSPS) is 13.6. The number of allylic oxidation sites excluding steroid dienone is 2. The van der Waals surface area contributed by atoms with Crippen molar-refractivity contribution >= 4 is 12.2 Å². The fourth-order valence-electron chi connectivity index (χ4n) is 8.88. The molecule has 0 atom stereocenters. The molecular formula is C49H44. The number of hydrogen-bond acceptors (Lipinski definition) is 0. The zero-order valence-corrected chi connectivity index (χ0v) is 29.2. The minimum absolute atomic E-state index is 0.198. The van der Waals surface area contributed by atoms with Crippen molar-refractivity contribution in [3.05, 3.63) is 200 Å². The van der Waals surface area contributed by atoms with Gasteiger partial charge in [-0.1, -0.05) is 157 Å². The van der Waals surface area contributed by atoms with Gasteiger partial charge < -0.3 is 0 Å². The van der Waals surface area contributed by atoms with Gasteiger partial charge in [-0.05, 0) is 131 Å². The van der Waals surface area contributed by atoms with Crippen molar-refractivity contribution in [3.63, 3.8) is 0 Å². The number of aryl methyl sites for hydroxylation is 4. The van der Waals surface area contributed by atoms with Crippen LogP contribution in [0.25, 0.3) is 34.4 Å². The van der Waals surface area contributed by atoms with Crippen molar-refractivity contribution in [2.45, 2.75) is 53.4 Å². The molecule has 0 nitrogen and oxygen atoms in total. The van der Waals surface area contributed by atoms with Gasteiger partial charge in [0.25, 0.3) is 0 Å². The molecule has 8 rings (SSSR count). The molecule has 2 aliphatic rings. The van der Waals surface area contributed by atoms with Crippen molar-refractivity contribution in [3.8, 4) is 22.3 Å². The van der Waals surface area contributed by atoms with Gasteiger partial charge in [-0.3, -0.25) is 0 Å². The first-order valence-corrected chi connectivity index (χ1v) is 17.8. The van der Waals surface area contributed by atoms with E-state index < -0.39 is 0 Å². The van der Waals surface area contributed by atoms with E-state index in [1.165, 1.54) is 89.0 Å². The Labute approximate surface area is 292 Å². The van der Waals surface area contributed by atoms with Crippen LogP contribution in [0.2, 0.25) is 0 Å². The van der Waals surface area contributed by atoms with E-state index in [0.717, 1.165) is 25.7 Å². The average molecular weight is 633 g/mol. The summed E-state index contributed by atoms with van der Waals surface area (Å²) in [5, 5.41) is 0. The third kappa shape index (κ3) is 5.60. The van der Waals surface area contributed by atoms with Gasteiger partial charge >= 0.3 is 0 Å². The molecule has 0 spiro atoms. The summed E-state index contributed by atoms with van der Waals surface area (Å²) in [5.74, 6) is 0. The van der Waals surface area contributed by atoms with Crippen molar-refractivity contribution < 1.29 is 0 Å².